The maximum Gasteiger partial charge on any atom is 0.343 e. The van der Waals surface area contributed by atoms with Gasteiger partial charge < -0.3 is 9.15 Å². The van der Waals surface area contributed by atoms with E-state index in [4.69, 9.17) is 9.15 Å². The highest BCUT2D eigenvalue weighted by atomic mass is 16.5. The first-order valence-electron chi connectivity index (χ1n) is 6.97. The maximum absolute atomic E-state index is 12.3. The predicted octanol–water partition coefficient (Wildman–Crippen LogP) is 2.28. The molecule has 0 unspecified atom stereocenters. The van der Waals surface area contributed by atoms with Crippen molar-refractivity contribution in [1.82, 2.24) is 0 Å². The van der Waals surface area contributed by atoms with Gasteiger partial charge in [0.1, 0.15) is 17.4 Å². The summed E-state index contributed by atoms with van der Waals surface area (Å²) in [5.74, 6) is 0.763. The van der Waals surface area contributed by atoms with Crippen molar-refractivity contribution in [3.63, 3.8) is 0 Å². The molecule has 2 heterocycles. The summed E-state index contributed by atoms with van der Waals surface area (Å²) in [5.41, 5.74) is 1.01. The number of ether oxygens (including phenoxy) is 1. The van der Waals surface area contributed by atoms with E-state index in [1.807, 2.05) is 52.0 Å². The first-order valence-corrected chi connectivity index (χ1v) is 6.97. The molecule has 1 aromatic carbocycles. The first-order chi connectivity index (χ1) is 9.58. The van der Waals surface area contributed by atoms with Crippen LogP contribution in [0.3, 0.4) is 0 Å². The minimum absolute atomic E-state index is 0.00460. The second-order valence-electron chi connectivity index (χ2n) is 5.27. The Bertz CT molecular complexity index is 858. The number of rotatable bonds is 0. The van der Waals surface area contributed by atoms with Crippen molar-refractivity contribution in [2.24, 2.45) is 0 Å². The number of benzene rings is 1. The van der Waals surface area contributed by atoms with E-state index in [1.54, 1.807) is 0 Å². The molecule has 3 nitrogen and oxygen atoms in total. The average Bonchev–Trinajstić information content (AvgIpc) is 2.74. The van der Waals surface area contributed by atoms with E-state index in [-0.39, 0.29) is 17.6 Å². The van der Waals surface area contributed by atoms with Crippen LogP contribution in [0.1, 0.15) is 39.2 Å². The molecule has 0 bridgehead atoms. The molecule has 0 saturated heterocycles. The normalized spacial score (nSPS) is 23.2. The van der Waals surface area contributed by atoms with Crippen LogP contribution >= 0.6 is 0 Å². The topological polar surface area (TPSA) is 39.4 Å². The Hall–Kier alpha value is -2.03. The Kier molecular flexibility index (Phi) is 2.93. The molecule has 0 fully saturated rings. The van der Waals surface area contributed by atoms with Gasteiger partial charge in [0, 0.05) is 11.1 Å². The van der Waals surface area contributed by atoms with Gasteiger partial charge in [0.25, 0.3) is 0 Å². The van der Waals surface area contributed by atoms with Crippen LogP contribution < -0.4 is 20.8 Å². The van der Waals surface area contributed by atoms with E-state index in [0.29, 0.717) is 16.9 Å². The Labute approximate surface area is 117 Å². The minimum Gasteiger partial charge on any atom is -0.489 e. The van der Waals surface area contributed by atoms with E-state index in [2.05, 4.69) is 0 Å². The molecule has 20 heavy (non-hydrogen) atoms. The smallest absolute Gasteiger partial charge is 0.343 e. The standard InChI is InChI=1S/C17H18O3/c1-5-11-7-8-13-15(12(11)6-2)20-17(18)14-9(3)10(4)19-16(13)14/h5-10H,1-4H3/b11-5-,12-6+/t9-,10+/m0/s1. The Balaban J connectivity index is 2.54. The van der Waals surface area contributed by atoms with Gasteiger partial charge in [-0.1, -0.05) is 25.1 Å². The molecule has 1 aliphatic heterocycles. The van der Waals surface area contributed by atoms with Gasteiger partial charge in [-0.25, -0.2) is 4.79 Å². The van der Waals surface area contributed by atoms with Crippen molar-refractivity contribution < 1.29 is 9.15 Å². The molecule has 0 N–H and O–H groups in total. The second kappa shape index (κ2) is 4.51. The highest BCUT2D eigenvalue weighted by Gasteiger charge is 2.33. The molecule has 3 rings (SSSR count). The molecule has 0 spiro atoms. The molecule has 2 aromatic rings. The van der Waals surface area contributed by atoms with Gasteiger partial charge in [-0.2, -0.15) is 0 Å². The molecular weight excluding hydrogens is 252 g/mol. The third-order valence-electron chi connectivity index (χ3n) is 4.20. The van der Waals surface area contributed by atoms with E-state index in [9.17, 15) is 4.79 Å². The van der Waals surface area contributed by atoms with Gasteiger partial charge in [0.05, 0.1) is 10.9 Å². The summed E-state index contributed by atoms with van der Waals surface area (Å²) in [4.78, 5) is 12.3. The molecule has 0 saturated carbocycles. The molecule has 1 aliphatic rings. The molecule has 2 atom stereocenters. The highest BCUT2D eigenvalue weighted by molar-refractivity contribution is 5.86. The van der Waals surface area contributed by atoms with E-state index < -0.39 is 0 Å². The lowest BCUT2D eigenvalue weighted by Gasteiger charge is -2.07. The van der Waals surface area contributed by atoms with Crippen LogP contribution in [-0.4, -0.2) is 6.10 Å². The number of fused-ring (bicyclic) bond motifs is 3. The Morgan fingerprint density at radius 3 is 2.55 bits per heavy atom. The van der Waals surface area contributed by atoms with Crippen molar-refractivity contribution in [2.75, 3.05) is 0 Å². The van der Waals surface area contributed by atoms with Gasteiger partial charge in [-0.3, -0.25) is 0 Å². The lowest BCUT2D eigenvalue weighted by Crippen LogP contribution is -2.25. The van der Waals surface area contributed by atoms with Crippen molar-refractivity contribution in [2.45, 2.75) is 39.7 Å². The summed E-state index contributed by atoms with van der Waals surface area (Å²) >= 11 is 0. The molecule has 3 heteroatoms. The largest absolute Gasteiger partial charge is 0.489 e. The maximum atomic E-state index is 12.3. The van der Waals surface area contributed by atoms with Crippen molar-refractivity contribution in [3.8, 4) is 5.75 Å². The van der Waals surface area contributed by atoms with Gasteiger partial charge in [-0.15, -0.1) is 0 Å². The SMILES string of the molecule is C/C=c1/ccc2c3c(c(=O)oc2/c1=C/C)[C@@H](C)[C@@H](C)O3. The van der Waals surface area contributed by atoms with Crippen LogP contribution in [0, 0.1) is 0 Å². The fourth-order valence-electron chi connectivity index (χ4n) is 2.88. The number of hydrogen-bond acceptors (Lipinski definition) is 3. The predicted molar refractivity (Wildman–Crippen MR) is 80.5 cm³/mol. The zero-order chi connectivity index (χ0) is 14.4. The minimum atomic E-state index is -0.277. The van der Waals surface area contributed by atoms with Crippen molar-refractivity contribution in [1.29, 1.82) is 0 Å². The van der Waals surface area contributed by atoms with Crippen LogP contribution in [0.25, 0.3) is 23.1 Å². The van der Waals surface area contributed by atoms with Gasteiger partial charge in [-0.05, 0) is 32.1 Å². The third-order valence-corrected chi connectivity index (χ3v) is 4.20. The quantitative estimate of drug-likeness (QED) is 0.689. The van der Waals surface area contributed by atoms with Crippen molar-refractivity contribution in [3.05, 3.63) is 38.6 Å². The molecule has 0 aliphatic carbocycles. The zero-order valence-corrected chi connectivity index (χ0v) is 12.2. The molecular formula is C17H18O3. The monoisotopic (exact) mass is 270 g/mol. The fourth-order valence-corrected chi connectivity index (χ4v) is 2.88. The van der Waals surface area contributed by atoms with Crippen LogP contribution in [0.5, 0.6) is 5.75 Å². The molecule has 104 valence electrons. The summed E-state index contributed by atoms with van der Waals surface area (Å²) in [6.45, 7) is 7.90. The molecule has 0 amide bonds. The first kappa shape index (κ1) is 13.0. The number of hydrogen-bond donors (Lipinski definition) is 0. The third kappa shape index (κ3) is 1.62. The van der Waals surface area contributed by atoms with E-state index >= 15 is 0 Å². The van der Waals surface area contributed by atoms with Gasteiger partial charge >= 0.3 is 5.63 Å². The highest BCUT2D eigenvalue weighted by Crippen LogP contribution is 2.39. The lowest BCUT2D eigenvalue weighted by atomic mass is 9.99. The second-order valence-corrected chi connectivity index (χ2v) is 5.27. The summed E-state index contributed by atoms with van der Waals surface area (Å²) in [6.07, 6.45) is 3.98. The fraction of sp³-hybridized carbons (Fsp3) is 0.353. The summed E-state index contributed by atoms with van der Waals surface area (Å²) in [7, 11) is 0. The molecule has 0 radical (unpaired) electrons. The summed E-state index contributed by atoms with van der Waals surface area (Å²) in [5, 5.41) is 2.89. The van der Waals surface area contributed by atoms with Crippen LogP contribution in [0.4, 0.5) is 0 Å². The van der Waals surface area contributed by atoms with E-state index in [1.165, 1.54) is 0 Å². The van der Waals surface area contributed by atoms with Crippen molar-refractivity contribution >= 4 is 23.1 Å². The average molecular weight is 270 g/mol. The van der Waals surface area contributed by atoms with Crippen LogP contribution in [0.2, 0.25) is 0 Å². The molecule has 1 aromatic heterocycles. The summed E-state index contributed by atoms with van der Waals surface area (Å²) in [6, 6.07) is 4.01. The summed E-state index contributed by atoms with van der Waals surface area (Å²) < 4.78 is 11.5. The van der Waals surface area contributed by atoms with Gasteiger partial charge in [0.2, 0.25) is 0 Å². The Morgan fingerprint density at radius 2 is 1.90 bits per heavy atom. The van der Waals surface area contributed by atoms with Crippen LogP contribution in [0.15, 0.2) is 21.3 Å². The van der Waals surface area contributed by atoms with Crippen LogP contribution in [-0.2, 0) is 0 Å². The lowest BCUT2D eigenvalue weighted by molar-refractivity contribution is 0.234. The Morgan fingerprint density at radius 1 is 1.15 bits per heavy atom. The van der Waals surface area contributed by atoms with Gasteiger partial charge in [0.15, 0.2) is 0 Å². The van der Waals surface area contributed by atoms with E-state index in [0.717, 1.165) is 15.8 Å². The zero-order valence-electron chi connectivity index (χ0n) is 12.2.